The second-order valence-corrected chi connectivity index (χ2v) is 8.94. The average Bonchev–Trinajstić information content (AvgIpc) is 3.26. The number of benzene rings is 2. The Morgan fingerprint density at radius 2 is 1.38 bits per heavy atom. The predicted octanol–water partition coefficient (Wildman–Crippen LogP) is 4.16. The van der Waals surface area contributed by atoms with Crippen molar-refractivity contribution in [2.24, 2.45) is 0 Å². The van der Waals surface area contributed by atoms with Crippen LogP contribution in [0.5, 0.6) is 0 Å². The highest BCUT2D eigenvalue weighted by Gasteiger charge is 2.21. The van der Waals surface area contributed by atoms with Crippen LogP contribution in [0.3, 0.4) is 0 Å². The van der Waals surface area contributed by atoms with Crippen molar-refractivity contribution < 1.29 is 8.42 Å². The lowest BCUT2D eigenvalue weighted by Crippen LogP contribution is -2.22. The molecule has 2 aromatic carbocycles. The van der Waals surface area contributed by atoms with Gasteiger partial charge in [-0.05, 0) is 49.9 Å². The molecule has 1 fully saturated rings. The molecular weight excluding hydrogens is 384 g/mol. The van der Waals surface area contributed by atoms with Gasteiger partial charge in [0.1, 0.15) is 0 Å². The van der Waals surface area contributed by atoms with Gasteiger partial charge in [0.2, 0.25) is 5.95 Å². The van der Waals surface area contributed by atoms with Crippen LogP contribution in [0.25, 0.3) is 11.1 Å². The van der Waals surface area contributed by atoms with Crippen molar-refractivity contribution in [1.82, 2.24) is 9.97 Å². The summed E-state index contributed by atoms with van der Waals surface area (Å²) in [6, 6.07) is 16.7. The van der Waals surface area contributed by atoms with Gasteiger partial charge in [0.15, 0.2) is 0 Å². The second-order valence-electron chi connectivity index (χ2n) is 7.26. The fourth-order valence-corrected chi connectivity index (χ4v) is 4.73. The summed E-state index contributed by atoms with van der Waals surface area (Å²) in [5, 5.41) is 0. The van der Waals surface area contributed by atoms with E-state index >= 15 is 0 Å². The summed E-state index contributed by atoms with van der Waals surface area (Å²) >= 11 is 0. The SMILES string of the molecule is Cc1nc(N2CCCC2)nc(C)c1NS(=O)(=O)c1ccc(-c2ccccc2)cc1. The van der Waals surface area contributed by atoms with E-state index in [2.05, 4.69) is 19.6 Å². The first kappa shape index (κ1) is 19.4. The highest BCUT2D eigenvalue weighted by Crippen LogP contribution is 2.26. The quantitative estimate of drug-likeness (QED) is 0.686. The molecule has 150 valence electrons. The molecule has 29 heavy (non-hydrogen) atoms. The highest BCUT2D eigenvalue weighted by atomic mass is 32.2. The van der Waals surface area contributed by atoms with Crippen LogP contribution >= 0.6 is 0 Å². The molecule has 0 spiro atoms. The zero-order chi connectivity index (χ0) is 20.4. The summed E-state index contributed by atoms with van der Waals surface area (Å²) in [5.74, 6) is 0.674. The molecule has 0 radical (unpaired) electrons. The first-order valence-electron chi connectivity index (χ1n) is 9.72. The summed E-state index contributed by atoms with van der Waals surface area (Å²) < 4.78 is 28.5. The summed E-state index contributed by atoms with van der Waals surface area (Å²) in [7, 11) is -3.73. The number of anilines is 2. The van der Waals surface area contributed by atoms with E-state index in [1.54, 1.807) is 12.1 Å². The van der Waals surface area contributed by atoms with Crippen molar-refractivity contribution in [1.29, 1.82) is 0 Å². The van der Waals surface area contributed by atoms with Crippen molar-refractivity contribution in [3.63, 3.8) is 0 Å². The molecule has 1 N–H and O–H groups in total. The van der Waals surface area contributed by atoms with Gasteiger partial charge in [0, 0.05) is 13.1 Å². The first-order valence-corrected chi connectivity index (χ1v) is 11.2. The Bertz CT molecular complexity index is 1080. The standard InChI is InChI=1S/C22H24N4O2S/c1-16-21(17(2)24-22(23-16)26-14-6-7-15-26)25-29(27,28)20-12-10-19(11-13-20)18-8-4-3-5-9-18/h3-5,8-13,25H,6-7,14-15H2,1-2H3. The van der Waals surface area contributed by atoms with Crippen LogP contribution < -0.4 is 9.62 Å². The topological polar surface area (TPSA) is 75.2 Å². The summed E-state index contributed by atoms with van der Waals surface area (Å²) in [5.41, 5.74) is 3.71. The van der Waals surface area contributed by atoms with Crippen LogP contribution in [0, 0.1) is 13.8 Å². The minimum Gasteiger partial charge on any atom is -0.341 e. The Balaban J connectivity index is 1.58. The van der Waals surface area contributed by atoms with E-state index in [0.717, 1.165) is 37.1 Å². The van der Waals surface area contributed by atoms with E-state index in [0.29, 0.717) is 23.0 Å². The van der Waals surface area contributed by atoms with Crippen molar-refractivity contribution in [3.8, 4) is 11.1 Å². The molecule has 0 atom stereocenters. The van der Waals surface area contributed by atoms with Crippen molar-refractivity contribution in [2.45, 2.75) is 31.6 Å². The summed E-state index contributed by atoms with van der Waals surface area (Å²) in [4.78, 5) is 11.4. The number of hydrogen-bond donors (Lipinski definition) is 1. The van der Waals surface area contributed by atoms with E-state index < -0.39 is 10.0 Å². The van der Waals surface area contributed by atoms with Crippen molar-refractivity contribution >= 4 is 21.7 Å². The van der Waals surface area contributed by atoms with E-state index in [4.69, 9.17) is 0 Å². The maximum atomic E-state index is 12.9. The number of nitrogens with zero attached hydrogens (tertiary/aromatic N) is 3. The largest absolute Gasteiger partial charge is 0.341 e. The third-order valence-electron chi connectivity index (χ3n) is 5.16. The Morgan fingerprint density at radius 1 is 0.828 bits per heavy atom. The molecule has 2 heterocycles. The van der Waals surface area contributed by atoms with Gasteiger partial charge in [-0.15, -0.1) is 0 Å². The second kappa shape index (κ2) is 7.83. The summed E-state index contributed by atoms with van der Waals surface area (Å²) in [6.07, 6.45) is 2.27. The van der Waals surface area contributed by atoms with E-state index in [1.165, 1.54) is 0 Å². The van der Waals surface area contributed by atoms with Crippen LogP contribution in [0.15, 0.2) is 59.5 Å². The molecule has 0 saturated carbocycles. The minimum atomic E-state index is -3.73. The van der Waals surface area contributed by atoms with E-state index in [1.807, 2.05) is 56.3 Å². The van der Waals surface area contributed by atoms with Gasteiger partial charge < -0.3 is 4.90 Å². The molecule has 0 bridgehead atoms. The lowest BCUT2D eigenvalue weighted by Gasteiger charge is -2.19. The Morgan fingerprint density at radius 3 is 1.97 bits per heavy atom. The zero-order valence-corrected chi connectivity index (χ0v) is 17.4. The molecule has 0 amide bonds. The molecule has 0 unspecified atom stereocenters. The summed E-state index contributed by atoms with van der Waals surface area (Å²) in [6.45, 7) is 5.50. The number of hydrogen-bond acceptors (Lipinski definition) is 5. The Labute approximate surface area is 171 Å². The zero-order valence-electron chi connectivity index (χ0n) is 16.6. The molecular formula is C22H24N4O2S. The van der Waals surface area contributed by atoms with Gasteiger partial charge in [-0.25, -0.2) is 18.4 Å². The van der Waals surface area contributed by atoms with Gasteiger partial charge in [0.05, 0.1) is 22.0 Å². The first-order chi connectivity index (χ1) is 13.9. The predicted molar refractivity (Wildman–Crippen MR) is 116 cm³/mol. The third-order valence-corrected chi connectivity index (χ3v) is 6.52. The lowest BCUT2D eigenvalue weighted by molar-refractivity contribution is 0.601. The molecule has 4 rings (SSSR count). The lowest BCUT2D eigenvalue weighted by atomic mass is 10.1. The molecule has 3 aromatic rings. The Kier molecular flexibility index (Phi) is 5.24. The van der Waals surface area contributed by atoms with Gasteiger partial charge in [-0.1, -0.05) is 42.5 Å². The Hall–Kier alpha value is -2.93. The minimum absolute atomic E-state index is 0.208. The molecule has 1 saturated heterocycles. The van der Waals surface area contributed by atoms with Crippen molar-refractivity contribution in [2.75, 3.05) is 22.7 Å². The fraction of sp³-hybridized carbons (Fsp3) is 0.273. The average molecular weight is 409 g/mol. The van der Waals surface area contributed by atoms with Crippen molar-refractivity contribution in [3.05, 3.63) is 66.0 Å². The van der Waals surface area contributed by atoms with Crippen LogP contribution in [0.1, 0.15) is 24.2 Å². The molecule has 7 heteroatoms. The fourth-order valence-electron chi connectivity index (χ4n) is 3.56. The van der Waals surface area contributed by atoms with Crippen LogP contribution in [0.2, 0.25) is 0 Å². The monoisotopic (exact) mass is 408 g/mol. The number of aromatic nitrogens is 2. The molecule has 1 aromatic heterocycles. The van der Waals surface area contributed by atoms with E-state index in [9.17, 15) is 8.42 Å². The smallest absolute Gasteiger partial charge is 0.262 e. The van der Waals surface area contributed by atoms with Crippen LogP contribution in [-0.4, -0.2) is 31.5 Å². The third kappa shape index (κ3) is 4.10. The van der Waals surface area contributed by atoms with Gasteiger partial charge in [-0.2, -0.15) is 0 Å². The number of nitrogens with one attached hydrogen (secondary N) is 1. The molecule has 0 aliphatic carbocycles. The van der Waals surface area contributed by atoms with Gasteiger partial charge in [-0.3, -0.25) is 4.72 Å². The molecule has 1 aliphatic rings. The maximum absolute atomic E-state index is 12.9. The molecule has 6 nitrogen and oxygen atoms in total. The van der Waals surface area contributed by atoms with Crippen LogP contribution in [0.4, 0.5) is 11.6 Å². The maximum Gasteiger partial charge on any atom is 0.262 e. The van der Waals surface area contributed by atoms with E-state index in [-0.39, 0.29) is 4.90 Å². The van der Waals surface area contributed by atoms with Crippen LogP contribution in [-0.2, 0) is 10.0 Å². The number of aryl methyl sites for hydroxylation is 2. The number of rotatable bonds is 5. The highest BCUT2D eigenvalue weighted by molar-refractivity contribution is 7.92. The van der Waals surface area contributed by atoms with Gasteiger partial charge >= 0.3 is 0 Å². The number of sulfonamides is 1. The molecule has 1 aliphatic heterocycles. The normalized spacial score (nSPS) is 14.2. The van der Waals surface area contributed by atoms with Gasteiger partial charge in [0.25, 0.3) is 10.0 Å².